The molecule has 4 aliphatic rings. The van der Waals surface area contributed by atoms with Gasteiger partial charge in [0.15, 0.2) is 0 Å². The average Bonchev–Trinajstić information content (AvgIpc) is 3.61. The second kappa shape index (κ2) is 10.00. The molecule has 4 heterocycles. The van der Waals surface area contributed by atoms with E-state index in [-0.39, 0.29) is 22.4 Å². The molecule has 4 saturated heterocycles. The quantitative estimate of drug-likeness (QED) is 0.308. The van der Waals surface area contributed by atoms with Gasteiger partial charge in [-0.15, -0.1) is 0 Å². The van der Waals surface area contributed by atoms with Crippen LogP contribution in [0.25, 0.3) is 0 Å². The van der Waals surface area contributed by atoms with Crippen molar-refractivity contribution in [3.05, 3.63) is 70.8 Å². The SMILES string of the molecule is CC(C)C12CCC(C)(O1)C(Cc1ccccc1COCc1ccccc1CC1CC3(C(C)C)CCC1(C)O3)C2. The first-order valence-electron chi connectivity index (χ1n) is 15.7. The van der Waals surface area contributed by atoms with Crippen molar-refractivity contribution in [3.8, 4) is 0 Å². The van der Waals surface area contributed by atoms with Crippen LogP contribution in [-0.2, 0) is 40.3 Å². The molecule has 6 unspecified atom stereocenters. The van der Waals surface area contributed by atoms with Crippen molar-refractivity contribution in [3.63, 3.8) is 0 Å². The second-order valence-electron chi connectivity index (χ2n) is 14.5. The van der Waals surface area contributed by atoms with Gasteiger partial charge in [0.2, 0.25) is 0 Å². The summed E-state index contributed by atoms with van der Waals surface area (Å²) in [7, 11) is 0. The van der Waals surface area contributed by atoms with Crippen molar-refractivity contribution in [1.82, 2.24) is 0 Å². The lowest BCUT2D eigenvalue weighted by Crippen LogP contribution is -2.34. The molecule has 0 N–H and O–H groups in total. The van der Waals surface area contributed by atoms with E-state index in [0.29, 0.717) is 36.9 Å². The average molecular weight is 531 g/mol. The summed E-state index contributed by atoms with van der Waals surface area (Å²) in [6.45, 7) is 15.4. The van der Waals surface area contributed by atoms with E-state index in [1.807, 2.05) is 0 Å². The van der Waals surface area contributed by atoms with Crippen LogP contribution < -0.4 is 0 Å². The molecule has 0 aromatic heterocycles. The van der Waals surface area contributed by atoms with Crippen LogP contribution in [0.4, 0.5) is 0 Å². The van der Waals surface area contributed by atoms with E-state index in [1.54, 1.807) is 0 Å². The topological polar surface area (TPSA) is 27.7 Å². The molecule has 4 aliphatic heterocycles. The highest BCUT2D eigenvalue weighted by Crippen LogP contribution is 2.59. The van der Waals surface area contributed by atoms with E-state index in [4.69, 9.17) is 14.2 Å². The molecule has 39 heavy (non-hydrogen) atoms. The van der Waals surface area contributed by atoms with Crippen LogP contribution in [0.1, 0.15) is 102 Å². The minimum absolute atomic E-state index is 0.0192. The number of fused-ring (bicyclic) bond motifs is 4. The highest BCUT2D eigenvalue weighted by Gasteiger charge is 2.60. The number of benzene rings is 2. The Morgan fingerprint density at radius 3 is 1.38 bits per heavy atom. The summed E-state index contributed by atoms with van der Waals surface area (Å²) in [5.41, 5.74) is 5.72. The molecule has 0 saturated carbocycles. The molecule has 4 bridgehead atoms. The molecule has 0 aliphatic carbocycles. The summed E-state index contributed by atoms with van der Waals surface area (Å²) in [5.74, 6) is 2.31. The molecule has 6 rings (SSSR count). The van der Waals surface area contributed by atoms with Crippen LogP contribution in [0.15, 0.2) is 48.5 Å². The molecule has 2 aromatic rings. The first-order chi connectivity index (χ1) is 18.6. The Kier molecular flexibility index (Phi) is 7.05. The highest BCUT2D eigenvalue weighted by atomic mass is 16.5. The molecule has 0 radical (unpaired) electrons. The lowest BCUT2D eigenvalue weighted by atomic mass is 9.69. The van der Waals surface area contributed by atoms with Gasteiger partial charge < -0.3 is 14.2 Å². The van der Waals surface area contributed by atoms with Crippen molar-refractivity contribution < 1.29 is 14.2 Å². The highest BCUT2D eigenvalue weighted by molar-refractivity contribution is 5.30. The van der Waals surface area contributed by atoms with Gasteiger partial charge in [-0.2, -0.15) is 0 Å². The smallest absolute Gasteiger partial charge is 0.0724 e. The van der Waals surface area contributed by atoms with E-state index < -0.39 is 0 Å². The van der Waals surface area contributed by atoms with E-state index >= 15 is 0 Å². The fourth-order valence-electron chi connectivity index (χ4n) is 8.64. The number of ether oxygens (including phenoxy) is 3. The predicted octanol–water partition coefficient (Wildman–Crippen LogP) is 8.46. The first kappa shape index (κ1) is 27.5. The maximum absolute atomic E-state index is 6.74. The molecule has 212 valence electrons. The second-order valence-corrected chi connectivity index (χ2v) is 14.5. The Morgan fingerprint density at radius 1 is 0.641 bits per heavy atom. The van der Waals surface area contributed by atoms with Crippen molar-refractivity contribution in [2.45, 2.75) is 129 Å². The van der Waals surface area contributed by atoms with Gasteiger partial charge in [-0.05, 0) is 111 Å². The number of hydrogen-bond donors (Lipinski definition) is 0. The van der Waals surface area contributed by atoms with Crippen molar-refractivity contribution in [2.75, 3.05) is 0 Å². The van der Waals surface area contributed by atoms with Gasteiger partial charge >= 0.3 is 0 Å². The van der Waals surface area contributed by atoms with Gasteiger partial charge in [0.1, 0.15) is 0 Å². The molecule has 2 aromatic carbocycles. The fourth-order valence-corrected chi connectivity index (χ4v) is 8.64. The van der Waals surface area contributed by atoms with Gasteiger partial charge in [0.25, 0.3) is 0 Å². The van der Waals surface area contributed by atoms with Gasteiger partial charge in [0, 0.05) is 0 Å². The maximum atomic E-state index is 6.74. The van der Waals surface area contributed by atoms with Crippen LogP contribution in [0.3, 0.4) is 0 Å². The van der Waals surface area contributed by atoms with Crippen molar-refractivity contribution in [1.29, 1.82) is 0 Å². The zero-order valence-electron chi connectivity index (χ0n) is 25.2. The fraction of sp³-hybridized carbons (Fsp3) is 0.667. The van der Waals surface area contributed by atoms with E-state index in [1.165, 1.54) is 60.8 Å². The molecule has 0 amide bonds. The lowest BCUT2D eigenvalue weighted by Gasteiger charge is -2.32. The summed E-state index contributed by atoms with van der Waals surface area (Å²) in [6, 6.07) is 17.8. The molecule has 0 spiro atoms. The minimum atomic E-state index is 0.0192. The number of rotatable bonds is 10. The largest absolute Gasteiger partial charge is 0.372 e. The monoisotopic (exact) mass is 530 g/mol. The van der Waals surface area contributed by atoms with Gasteiger partial charge in [-0.25, -0.2) is 0 Å². The summed E-state index contributed by atoms with van der Waals surface area (Å²) < 4.78 is 19.9. The Morgan fingerprint density at radius 2 is 1.03 bits per heavy atom. The maximum Gasteiger partial charge on any atom is 0.0724 e. The van der Waals surface area contributed by atoms with Crippen molar-refractivity contribution >= 4 is 0 Å². The standard InChI is InChI=1S/C36H50O3/c1-25(2)35-17-15-33(5,38-35)31(21-35)19-27-11-7-9-13-29(27)23-37-24-30-14-10-8-12-28(30)20-32-22-36(26(3)4)18-16-34(32,6)39-36/h7-14,25-26,31-32H,15-24H2,1-6H3. The third-order valence-electron chi connectivity index (χ3n) is 11.7. The van der Waals surface area contributed by atoms with Crippen molar-refractivity contribution in [2.24, 2.45) is 23.7 Å². The zero-order valence-corrected chi connectivity index (χ0v) is 25.2. The van der Waals surface area contributed by atoms with Crippen LogP contribution in [0.2, 0.25) is 0 Å². The third kappa shape index (κ3) is 4.81. The van der Waals surface area contributed by atoms with Gasteiger partial charge in [0.05, 0.1) is 35.6 Å². The summed E-state index contributed by atoms with van der Waals surface area (Å²) in [4.78, 5) is 0. The molecule has 4 fully saturated rings. The molecule has 3 nitrogen and oxygen atoms in total. The molecular formula is C36H50O3. The first-order valence-corrected chi connectivity index (χ1v) is 15.7. The van der Waals surface area contributed by atoms with Crippen LogP contribution in [0, 0.1) is 23.7 Å². The van der Waals surface area contributed by atoms with Gasteiger partial charge in [-0.1, -0.05) is 76.2 Å². The third-order valence-corrected chi connectivity index (χ3v) is 11.7. The van der Waals surface area contributed by atoms with Crippen LogP contribution >= 0.6 is 0 Å². The Hall–Kier alpha value is -1.68. The Labute approximate surface area is 237 Å². The van der Waals surface area contributed by atoms with Crippen LogP contribution in [0.5, 0.6) is 0 Å². The predicted molar refractivity (Wildman–Crippen MR) is 158 cm³/mol. The molecule has 6 atom stereocenters. The normalized spacial score (nSPS) is 37.0. The summed E-state index contributed by atoms with van der Waals surface area (Å²) >= 11 is 0. The van der Waals surface area contributed by atoms with E-state index in [0.717, 1.165) is 12.8 Å². The van der Waals surface area contributed by atoms with Crippen LogP contribution in [-0.4, -0.2) is 22.4 Å². The minimum Gasteiger partial charge on any atom is -0.372 e. The van der Waals surface area contributed by atoms with E-state index in [9.17, 15) is 0 Å². The lowest BCUT2D eigenvalue weighted by molar-refractivity contribution is -0.0698. The van der Waals surface area contributed by atoms with Gasteiger partial charge in [-0.3, -0.25) is 0 Å². The molecular weight excluding hydrogens is 480 g/mol. The Balaban J connectivity index is 1.10. The summed E-state index contributed by atoms with van der Waals surface area (Å²) in [5, 5.41) is 0. The summed E-state index contributed by atoms with van der Waals surface area (Å²) in [6.07, 6.45) is 9.34. The zero-order chi connectivity index (χ0) is 27.5. The van der Waals surface area contributed by atoms with E-state index in [2.05, 4.69) is 90.1 Å². The number of hydrogen-bond acceptors (Lipinski definition) is 3. The molecule has 3 heteroatoms. The Bertz CT molecular complexity index is 1100.